The second kappa shape index (κ2) is 33.4. The van der Waals surface area contributed by atoms with Crippen LogP contribution in [0.4, 0.5) is 17.6 Å². The van der Waals surface area contributed by atoms with E-state index in [0.717, 1.165) is 100 Å². The molecule has 0 radical (unpaired) electrons. The van der Waals surface area contributed by atoms with Gasteiger partial charge in [0.1, 0.15) is 23.0 Å². The molecule has 14 heteroatoms. The van der Waals surface area contributed by atoms with E-state index in [2.05, 4.69) is 23.1 Å². The van der Waals surface area contributed by atoms with Crippen molar-refractivity contribution >= 4 is 11.9 Å². The van der Waals surface area contributed by atoms with Crippen LogP contribution in [0.25, 0.3) is 22.3 Å². The summed E-state index contributed by atoms with van der Waals surface area (Å²) in [6, 6.07) is 26.2. The Kier molecular flexibility index (Phi) is 26.1. The first kappa shape index (κ1) is 59.4. The van der Waals surface area contributed by atoms with Crippen LogP contribution in [0, 0.1) is 23.3 Å². The lowest BCUT2D eigenvalue weighted by Gasteiger charge is -2.10. The molecule has 0 N–H and O–H groups in total. The second-order valence-electron chi connectivity index (χ2n) is 18.4. The number of nitrogens with zero attached hydrogens (tertiary/aromatic N) is 2. The summed E-state index contributed by atoms with van der Waals surface area (Å²) in [6.07, 6.45) is 25.3. The van der Waals surface area contributed by atoms with Gasteiger partial charge in [-0.2, -0.15) is 0 Å². The first-order valence-electron chi connectivity index (χ1n) is 26.1. The Hall–Kier alpha value is -7.48. The van der Waals surface area contributed by atoms with E-state index in [4.69, 9.17) is 28.4 Å². The minimum atomic E-state index is -0.957. The third-order valence-corrected chi connectivity index (χ3v) is 11.9. The molecule has 0 amide bonds. The van der Waals surface area contributed by atoms with Crippen LogP contribution >= 0.6 is 0 Å². The van der Waals surface area contributed by atoms with Crippen molar-refractivity contribution in [1.82, 2.24) is 9.97 Å². The van der Waals surface area contributed by atoms with Crippen LogP contribution in [0.2, 0.25) is 0 Å². The molecule has 0 spiro atoms. The van der Waals surface area contributed by atoms with Gasteiger partial charge in [-0.25, -0.2) is 27.2 Å². The SMILES string of the molecule is C=C(C)C(=O)Oc1c(F)cc(-c2ccc(OCCCCCCCCCCCCOc3cccnc3)cc2)cc1F.C=C(C)C(=O)Oc1c(F)cc(-c2ccc(OCCCCCCCCOc3cccnc3)cc2)cc1F. The van der Waals surface area contributed by atoms with Gasteiger partial charge in [0.05, 0.1) is 38.8 Å². The summed E-state index contributed by atoms with van der Waals surface area (Å²) in [5.41, 5.74) is 2.02. The van der Waals surface area contributed by atoms with Crippen molar-refractivity contribution < 1.29 is 55.6 Å². The van der Waals surface area contributed by atoms with Gasteiger partial charge in [0.15, 0.2) is 23.3 Å². The number of halogens is 4. The molecule has 10 nitrogen and oxygen atoms in total. The van der Waals surface area contributed by atoms with Crippen molar-refractivity contribution in [1.29, 1.82) is 0 Å². The minimum absolute atomic E-state index is 0.0521. The summed E-state index contributed by atoms with van der Waals surface area (Å²) >= 11 is 0. The maximum Gasteiger partial charge on any atom is 0.338 e. The van der Waals surface area contributed by atoms with E-state index in [1.165, 1.54) is 58.8 Å². The number of rotatable bonds is 32. The molecule has 404 valence electrons. The Balaban J connectivity index is 0.000000282. The largest absolute Gasteiger partial charge is 0.494 e. The van der Waals surface area contributed by atoms with E-state index < -0.39 is 46.7 Å². The zero-order valence-corrected chi connectivity index (χ0v) is 43.8. The van der Waals surface area contributed by atoms with Gasteiger partial charge in [0.25, 0.3) is 0 Å². The first-order valence-corrected chi connectivity index (χ1v) is 26.1. The molecule has 2 heterocycles. The number of esters is 2. The highest BCUT2D eigenvalue weighted by molar-refractivity contribution is 5.89. The summed E-state index contributed by atoms with van der Waals surface area (Å²) < 4.78 is 89.9. The Morgan fingerprint density at radius 3 is 0.934 bits per heavy atom. The zero-order valence-electron chi connectivity index (χ0n) is 43.8. The zero-order chi connectivity index (χ0) is 54.3. The number of hydrogen-bond donors (Lipinski definition) is 0. The topological polar surface area (TPSA) is 115 Å². The molecule has 0 atom stereocenters. The molecule has 0 saturated carbocycles. The first-order chi connectivity index (χ1) is 36.9. The lowest BCUT2D eigenvalue weighted by atomic mass is 10.0. The van der Waals surface area contributed by atoms with E-state index in [0.29, 0.717) is 53.6 Å². The highest BCUT2D eigenvalue weighted by Gasteiger charge is 2.19. The molecule has 0 aliphatic rings. The molecule has 0 saturated heterocycles. The van der Waals surface area contributed by atoms with Crippen molar-refractivity contribution in [3.63, 3.8) is 0 Å². The number of pyridine rings is 2. The van der Waals surface area contributed by atoms with Gasteiger partial charge < -0.3 is 28.4 Å². The predicted molar refractivity (Wildman–Crippen MR) is 289 cm³/mol. The van der Waals surface area contributed by atoms with Gasteiger partial charge in [-0.1, -0.05) is 114 Å². The molecular weight excluding hydrogens is 977 g/mol. The van der Waals surface area contributed by atoms with Crippen LogP contribution in [-0.2, 0) is 9.59 Å². The Morgan fingerprint density at radius 1 is 0.395 bits per heavy atom. The minimum Gasteiger partial charge on any atom is -0.494 e. The van der Waals surface area contributed by atoms with Crippen LogP contribution < -0.4 is 28.4 Å². The number of benzene rings is 4. The smallest absolute Gasteiger partial charge is 0.338 e. The van der Waals surface area contributed by atoms with Crippen molar-refractivity contribution in [3.8, 4) is 56.8 Å². The van der Waals surface area contributed by atoms with Crippen LogP contribution in [0.1, 0.15) is 117 Å². The fourth-order valence-corrected chi connectivity index (χ4v) is 7.65. The number of aromatic nitrogens is 2. The summed E-state index contributed by atoms with van der Waals surface area (Å²) in [4.78, 5) is 31.2. The van der Waals surface area contributed by atoms with Crippen molar-refractivity contribution in [3.05, 3.63) is 169 Å². The van der Waals surface area contributed by atoms with Gasteiger partial charge in [-0.05, 0) is 135 Å². The summed E-state index contributed by atoms with van der Waals surface area (Å²) in [6.45, 7) is 12.3. The molecule has 6 rings (SSSR count). The molecular formula is C62H70F4N2O8. The lowest BCUT2D eigenvalue weighted by molar-refractivity contribution is -0.131. The van der Waals surface area contributed by atoms with E-state index >= 15 is 0 Å². The van der Waals surface area contributed by atoms with E-state index in [1.807, 2.05) is 24.3 Å². The fraction of sp³-hybridized carbons (Fsp3) is 0.355. The highest BCUT2D eigenvalue weighted by Crippen LogP contribution is 2.32. The van der Waals surface area contributed by atoms with Crippen LogP contribution in [0.15, 0.2) is 146 Å². The lowest BCUT2D eigenvalue weighted by Crippen LogP contribution is -2.10. The van der Waals surface area contributed by atoms with Gasteiger partial charge >= 0.3 is 11.9 Å². The normalized spacial score (nSPS) is 10.7. The predicted octanol–water partition coefficient (Wildman–Crippen LogP) is 16.2. The van der Waals surface area contributed by atoms with Gasteiger partial charge in [0.2, 0.25) is 11.5 Å². The molecule has 6 aromatic rings. The Bertz CT molecular complexity index is 2660. The average Bonchev–Trinajstić information content (AvgIpc) is 3.42. The van der Waals surface area contributed by atoms with E-state index in [9.17, 15) is 27.2 Å². The molecule has 4 aromatic carbocycles. The molecule has 0 bridgehead atoms. The van der Waals surface area contributed by atoms with E-state index in [-0.39, 0.29) is 11.1 Å². The molecule has 0 fully saturated rings. The number of carbonyl (C=O) groups excluding carboxylic acids is 2. The fourth-order valence-electron chi connectivity index (χ4n) is 7.65. The van der Waals surface area contributed by atoms with Crippen molar-refractivity contribution in [2.24, 2.45) is 0 Å². The molecule has 76 heavy (non-hydrogen) atoms. The molecule has 0 aliphatic heterocycles. The summed E-state index contributed by atoms with van der Waals surface area (Å²) in [5.74, 6) is -3.98. The third-order valence-electron chi connectivity index (χ3n) is 11.9. The average molecular weight is 1050 g/mol. The molecule has 0 unspecified atom stereocenters. The van der Waals surface area contributed by atoms with Gasteiger partial charge in [-0.15, -0.1) is 0 Å². The van der Waals surface area contributed by atoms with Crippen LogP contribution in [0.5, 0.6) is 34.5 Å². The highest BCUT2D eigenvalue weighted by atomic mass is 19.1. The molecule has 2 aromatic heterocycles. The van der Waals surface area contributed by atoms with Crippen molar-refractivity contribution in [2.75, 3.05) is 26.4 Å². The Morgan fingerprint density at radius 2 is 0.671 bits per heavy atom. The molecule has 0 aliphatic carbocycles. The third kappa shape index (κ3) is 21.8. The maximum atomic E-state index is 14.4. The number of hydrogen-bond acceptors (Lipinski definition) is 10. The monoisotopic (exact) mass is 1050 g/mol. The summed E-state index contributed by atoms with van der Waals surface area (Å²) in [5, 5.41) is 0. The number of carbonyl (C=O) groups is 2. The standard InChI is InChI=1S/C33H39F2NO4.C29H31F2NO4/c1-25(2)33(37)40-32-30(34)22-27(23-31(32)35)26-15-17-28(18-16-26)38-20-11-9-7-5-3-4-6-8-10-12-21-39-29-14-13-19-36-24-29;1-21(2)29(33)36-28-26(30)18-23(19-27(28)31)22-11-13-24(14-12-22)34-16-7-5-3-4-6-8-17-35-25-10-9-15-32-20-25/h13-19,22-24H,1,3-12,20-21H2,2H3;9-15,18-20H,1,3-8,16-17H2,2H3. The van der Waals surface area contributed by atoms with Crippen molar-refractivity contribution in [2.45, 2.75) is 117 Å². The summed E-state index contributed by atoms with van der Waals surface area (Å²) in [7, 11) is 0. The van der Waals surface area contributed by atoms with Gasteiger partial charge in [0, 0.05) is 23.5 Å². The number of unbranched alkanes of at least 4 members (excludes halogenated alkanes) is 14. The van der Waals surface area contributed by atoms with E-state index in [1.54, 1.807) is 73.3 Å². The quantitative estimate of drug-likeness (QED) is 0.0133. The Labute approximate surface area is 445 Å². The maximum absolute atomic E-state index is 14.4. The van der Waals surface area contributed by atoms with Crippen LogP contribution in [0.3, 0.4) is 0 Å². The van der Waals surface area contributed by atoms with Crippen LogP contribution in [-0.4, -0.2) is 48.3 Å². The van der Waals surface area contributed by atoms with Gasteiger partial charge in [-0.3, -0.25) is 9.97 Å². The second-order valence-corrected chi connectivity index (χ2v) is 18.4. The number of ether oxygens (including phenoxy) is 6.